The highest BCUT2D eigenvalue weighted by atomic mass is 16.3. The first-order chi connectivity index (χ1) is 14.9. The summed E-state index contributed by atoms with van der Waals surface area (Å²) < 4.78 is 0. The van der Waals surface area contributed by atoms with Gasteiger partial charge in [-0.1, -0.05) is 48.5 Å². The first-order valence-corrected chi connectivity index (χ1v) is 14.2. The molecule has 0 radical (unpaired) electrons. The molecule has 5 fully saturated rings. The van der Waals surface area contributed by atoms with Gasteiger partial charge in [0.1, 0.15) is 0 Å². The Kier molecular flexibility index (Phi) is 5.34. The lowest BCUT2D eigenvalue weighted by molar-refractivity contribution is -0.251. The van der Waals surface area contributed by atoms with Crippen molar-refractivity contribution in [3.8, 4) is 0 Å². The van der Waals surface area contributed by atoms with E-state index in [9.17, 15) is 10.2 Å². The van der Waals surface area contributed by atoms with E-state index in [0.717, 1.165) is 36.0 Å². The maximum atomic E-state index is 10.9. The van der Waals surface area contributed by atoms with Crippen molar-refractivity contribution in [2.24, 2.45) is 62.6 Å². The lowest BCUT2D eigenvalue weighted by atomic mass is 9.32. The smallest absolute Gasteiger partial charge is 0.0594 e. The molecule has 184 valence electrons. The Morgan fingerprint density at radius 3 is 2.12 bits per heavy atom. The van der Waals surface area contributed by atoms with Gasteiger partial charge in [-0.15, -0.1) is 0 Å². The predicted molar refractivity (Wildman–Crippen MR) is 132 cm³/mol. The van der Waals surface area contributed by atoms with E-state index in [-0.39, 0.29) is 16.9 Å². The quantitative estimate of drug-likeness (QED) is 0.478. The summed E-state index contributed by atoms with van der Waals surface area (Å²) in [6.07, 6.45) is 12.6. The second-order valence-corrected chi connectivity index (χ2v) is 15.0. The largest absolute Gasteiger partial charge is 0.396 e. The summed E-state index contributed by atoms with van der Waals surface area (Å²) in [7, 11) is 0. The van der Waals surface area contributed by atoms with E-state index in [2.05, 4.69) is 48.5 Å². The number of hydrogen-bond donors (Lipinski definition) is 2. The molecule has 2 N–H and O–H groups in total. The van der Waals surface area contributed by atoms with Crippen molar-refractivity contribution in [3.05, 3.63) is 0 Å². The summed E-state index contributed by atoms with van der Waals surface area (Å²) in [5.41, 5.74) is 1.40. The molecular weight excluding hydrogens is 392 g/mol. The van der Waals surface area contributed by atoms with Crippen molar-refractivity contribution < 1.29 is 10.2 Å². The van der Waals surface area contributed by atoms with Gasteiger partial charge in [-0.2, -0.15) is 0 Å². The highest BCUT2D eigenvalue weighted by Gasteiger charge is 2.70. The van der Waals surface area contributed by atoms with Crippen molar-refractivity contribution in [2.75, 3.05) is 6.61 Å². The molecule has 2 nitrogen and oxygen atoms in total. The van der Waals surface area contributed by atoms with E-state index in [4.69, 9.17) is 0 Å². The van der Waals surface area contributed by atoms with Crippen LogP contribution in [0.2, 0.25) is 0 Å². The van der Waals surface area contributed by atoms with Gasteiger partial charge in [-0.3, -0.25) is 0 Å². The van der Waals surface area contributed by atoms with Gasteiger partial charge in [0.2, 0.25) is 0 Å². The molecule has 2 heteroatoms. The number of hydrogen-bond acceptors (Lipinski definition) is 2. The van der Waals surface area contributed by atoms with Crippen LogP contribution in [0, 0.1) is 62.6 Å². The summed E-state index contributed by atoms with van der Waals surface area (Å²) >= 11 is 0. The molecule has 5 saturated carbocycles. The Hall–Kier alpha value is -0.0800. The normalized spacial score (nSPS) is 56.8. The SMILES string of the molecule is CC(C)C1CCC2(CO)CCC3(C)C(CCC4C5(C)CCC(O)C(C)(C)C5CCC43C)C12. The summed E-state index contributed by atoms with van der Waals surface area (Å²) in [5, 5.41) is 21.6. The molecule has 32 heavy (non-hydrogen) atoms. The van der Waals surface area contributed by atoms with Gasteiger partial charge in [-0.25, -0.2) is 0 Å². The number of rotatable bonds is 2. The molecule has 0 aromatic carbocycles. The van der Waals surface area contributed by atoms with Gasteiger partial charge in [-0.05, 0) is 127 Å². The Balaban J connectivity index is 1.54. The van der Waals surface area contributed by atoms with E-state index >= 15 is 0 Å². The van der Waals surface area contributed by atoms with Gasteiger partial charge in [0.05, 0.1) is 6.10 Å². The van der Waals surface area contributed by atoms with E-state index in [1.54, 1.807) is 0 Å². The number of fused-ring (bicyclic) bond motifs is 7. The predicted octanol–water partition coefficient (Wildman–Crippen LogP) is 7.08. The van der Waals surface area contributed by atoms with Crippen LogP contribution in [0.4, 0.5) is 0 Å². The van der Waals surface area contributed by atoms with Gasteiger partial charge in [0, 0.05) is 6.61 Å². The van der Waals surface area contributed by atoms with Gasteiger partial charge in [0.25, 0.3) is 0 Å². The molecule has 0 amide bonds. The molecule has 10 unspecified atom stereocenters. The van der Waals surface area contributed by atoms with Crippen LogP contribution in [0.25, 0.3) is 0 Å². The zero-order chi connectivity index (χ0) is 23.3. The molecule has 0 saturated heterocycles. The van der Waals surface area contributed by atoms with Gasteiger partial charge in [0.15, 0.2) is 0 Å². The minimum atomic E-state index is -0.137. The molecule has 5 aliphatic carbocycles. The fraction of sp³-hybridized carbons (Fsp3) is 1.00. The summed E-state index contributed by atoms with van der Waals surface area (Å²) in [5.74, 6) is 4.45. The van der Waals surface area contributed by atoms with Crippen LogP contribution in [0.15, 0.2) is 0 Å². The lowest BCUT2D eigenvalue weighted by Gasteiger charge is -2.73. The third-order valence-corrected chi connectivity index (χ3v) is 13.8. The van der Waals surface area contributed by atoms with Crippen LogP contribution >= 0.6 is 0 Å². The Morgan fingerprint density at radius 2 is 1.47 bits per heavy atom. The van der Waals surface area contributed by atoms with Crippen molar-refractivity contribution in [2.45, 2.75) is 119 Å². The molecule has 0 aromatic heterocycles. The number of aliphatic hydroxyl groups excluding tert-OH is 2. The highest BCUT2D eigenvalue weighted by molar-refractivity contribution is 5.19. The van der Waals surface area contributed by atoms with Crippen LogP contribution in [0.1, 0.15) is 113 Å². The Labute approximate surface area is 198 Å². The standard InChI is InChI=1S/C30H52O2/c1-19(2)20-10-15-30(18-31)17-16-28(6)21(25(20)30)8-9-23-27(5)13-12-24(32)26(3,4)22(27)11-14-29(23,28)7/h19-25,31-32H,8-18H2,1-7H3. The molecule has 10 atom stereocenters. The third-order valence-electron chi connectivity index (χ3n) is 13.8. The second kappa shape index (κ2) is 7.22. The fourth-order valence-electron chi connectivity index (χ4n) is 11.8. The number of aliphatic hydroxyl groups is 2. The summed E-state index contributed by atoms with van der Waals surface area (Å²) in [6, 6.07) is 0. The topological polar surface area (TPSA) is 40.5 Å². The monoisotopic (exact) mass is 444 g/mol. The maximum absolute atomic E-state index is 10.9. The molecule has 0 aromatic rings. The van der Waals surface area contributed by atoms with Crippen LogP contribution < -0.4 is 0 Å². The van der Waals surface area contributed by atoms with Crippen LogP contribution in [0.5, 0.6) is 0 Å². The molecule has 0 bridgehead atoms. The van der Waals surface area contributed by atoms with Crippen molar-refractivity contribution >= 4 is 0 Å². The van der Waals surface area contributed by atoms with Gasteiger partial charge < -0.3 is 10.2 Å². The molecule has 0 aliphatic heterocycles. The Morgan fingerprint density at radius 1 is 0.750 bits per heavy atom. The van der Waals surface area contributed by atoms with Crippen LogP contribution in [-0.2, 0) is 0 Å². The maximum Gasteiger partial charge on any atom is 0.0594 e. The van der Waals surface area contributed by atoms with Crippen molar-refractivity contribution in [3.63, 3.8) is 0 Å². The van der Waals surface area contributed by atoms with E-state index in [1.165, 1.54) is 57.8 Å². The first-order valence-electron chi connectivity index (χ1n) is 14.2. The average molecular weight is 445 g/mol. The fourth-order valence-corrected chi connectivity index (χ4v) is 11.8. The van der Waals surface area contributed by atoms with Crippen molar-refractivity contribution in [1.82, 2.24) is 0 Å². The molecule has 0 spiro atoms. The van der Waals surface area contributed by atoms with Crippen molar-refractivity contribution in [1.29, 1.82) is 0 Å². The molecular formula is C30H52O2. The molecule has 5 rings (SSSR count). The average Bonchev–Trinajstić information content (AvgIpc) is 3.12. The summed E-state index contributed by atoms with van der Waals surface area (Å²) in [4.78, 5) is 0. The van der Waals surface area contributed by atoms with Crippen LogP contribution in [-0.4, -0.2) is 22.9 Å². The second-order valence-electron chi connectivity index (χ2n) is 15.0. The molecule has 5 aliphatic rings. The lowest BCUT2D eigenvalue weighted by Crippen LogP contribution is -2.66. The third kappa shape index (κ3) is 2.72. The van der Waals surface area contributed by atoms with E-state index < -0.39 is 0 Å². The summed E-state index contributed by atoms with van der Waals surface area (Å²) in [6.45, 7) is 18.1. The van der Waals surface area contributed by atoms with E-state index in [0.29, 0.717) is 28.8 Å². The first kappa shape index (κ1) is 23.7. The minimum Gasteiger partial charge on any atom is -0.396 e. The van der Waals surface area contributed by atoms with Crippen LogP contribution in [0.3, 0.4) is 0 Å². The van der Waals surface area contributed by atoms with E-state index in [1.807, 2.05) is 0 Å². The minimum absolute atomic E-state index is 0.0406. The molecule has 0 heterocycles. The Bertz CT molecular complexity index is 743. The zero-order valence-corrected chi connectivity index (χ0v) is 22.2. The highest BCUT2D eigenvalue weighted by Crippen LogP contribution is 2.77. The van der Waals surface area contributed by atoms with Gasteiger partial charge >= 0.3 is 0 Å². The zero-order valence-electron chi connectivity index (χ0n) is 22.2.